The van der Waals surface area contributed by atoms with Crippen LogP contribution in [0.25, 0.3) is 0 Å². The Morgan fingerprint density at radius 3 is 1.50 bits per heavy atom. The maximum absolute atomic E-state index is 8.15. The van der Waals surface area contributed by atoms with Crippen LogP contribution in [-0.2, 0) is 9.68 Å². The van der Waals surface area contributed by atoms with Crippen molar-refractivity contribution in [3.05, 3.63) is 0 Å². The van der Waals surface area contributed by atoms with Crippen molar-refractivity contribution in [2.75, 3.05) is 33.0 Å². The number of hydrogen-bond acceptors (Lipinski definition) is 6. The standard InChI is InChI=1S/C12H27N.C4H11NO4/c1-2-3-4-5-6-7-8-9-10-11-12-13;6-1-3-8-5-9-4-2-7/h2-13H2,1H3;5-7H,1-4H2. The molecule has 0 bridgehead atoms. The van der Waals surface area contributed by atoms with Crippen molar-refractivity contribution in [1.29, 1.82) is 0 Å². The number of rotatable bonds is 16. The number of hydrogen-bond donors (Lipinski definition) is 4. The molecule has 0 aliphatic heterocycles. The van der Waals surface area contributed by atoms with Gasteiger partial charge in [0.2, 0.25) is 0 Å². The molecule has 0 heterocycles. The van der Waals surface area contributed by atoms with Gasteiger partial charge in [0.15, 0.2) is 0 Å². The van der Waals surface area contributed by atoms with Gasteiger partial charge < -0.3 is 15.9 Å². The molecule has 22 heavy (non-hydrogen) atoms. The fourth-order valence-corrected chi connectivity index (χ4v) is 1.85. The number of nitrogens with two attached hydrogens (primary N) is 1. The Morgan fingerprint density at radius 1 is 0.727 bits per heavy atom. The maximum atomic E-state index is 8.15. The van der Waals surface area contributed by atoms with Crippen LogP contribution in [0.3, 0.4) is 0 Å². The minimum atomic E-state index is -0.0600. The lowest BCUT2D eigenvalue weighted by Crippen LogP contribution is -2.19. The molecule has 0 amide bonds. The Morgan fingerprint density at radius 2 is 1.14 bits per heavy atom. The molecule has 0 unspecified atom stereocenters. The molecule has 0 fully saturated rings. The average Bonchev–Trinajstić information content (AvgIpc) is 2.54. The van der Waals surface area contributed by atoms with Crippen molar-refractivity contribution in [3.8, 4) is 0 Å². The first kappa shape index (κ1) is 24.0. The molecule has 0 aromatic heterocycles. The summed E-state index contributed by atoms with van der Waals surface area (Å²) in [5.41, 5.74) is 7.49. The minimum Gasteiger partial charge on any atom is -0.394 e. The lowest BCUT2D eigenvalue weighted by Gasteiger charge is -2.01. The van der Waals surface area contributed by atoms with Crippen LogP contribution in [0.4, 0.5) is 0 Å². The summed E-state index contributed by atoms with van der Waals surface area (Å²) in [6.07, 6.45) is 13.9. The normalized spacial score (nSPS) is 10.4. The van der Waals surface area contributed by atoms with E-state index < -0.39 is 0 Å². The van der Waals surface area contributed by atoms with Crippen molar-refractivity contribution in [1.82, 2.24) is 5.64 Å². The van der Waals surface area contributed by atoms with E-state index in [4.69, 9.17) is 15.9 Å². The minimum absolute atomic E-state index is 0.0600. The first-order chi connectivity index (χ1) is 10.8. The van der Waals surface area contributed by atoms with Gasteiger partial charge in [0.25, 0.3) is 0 Å². The zero-order valence-electron chi connectivity index (χ0n) is 14.4. The second-order valence-corrected chi connectivity index (χ2v) is 5.20. The van der Waals surface area contributed by atoms with Gasteiger partial charge in [-0.05, 0) is 13.0 Å². The molecular formula is C16H38N2O4. The van der Waals surface area contributed by atoms with Crippen LogP contribution < -0.4 is 11.4 Å². The Hall–Kier alpha value is -0.240. The highest BCUT2D eigenvalue weighted by atomic mass is 16.9. The summed E-state index contributed by atoms with van der Waals surface area (Å²) in [4.78, 5) is 8.90. The van der Waals surface area contributed by atoms with Crippen molar-refractivity contribution >= 4 is 0 Å². The van der Waals surface area contributed by atoms with Gasteiger partial charge in [-0.3, -0.25) is 9.68 Å². The molecule has 5 N–H and O–H groups in total. The van der Waals surface area contributed by atoms with E-state index in [0.717, 1.165) is 6.54 Å². The first-order valence-corrected chi connectivity index (χ1v) is 8.73. The van der Waals surface area contributed by atoms with Crippen LogP contribution in [-0.4, -0.2) is 43.2 Å². The predicted molar refractivity (Wildman–Crippen MR) is 90.1 cm³/mol. The summed E-state index contributed by atoms with van der Waals surface area (Å²) in [5, 5.41) is 16.3. The molecule has 0 aromatic carbocycles. The molecule has 0 rings (SSSR count). The molecule has 0 spiro atoms. The summed E-state index contributed by atoms with van der Waals surface area (Å²) in [6.45, 7) is 3.37. The molecular weight excluding hydrogens is 284 g/mol. The third-order valence-corrected chi connectivity index (χ3v) is 3.06. The number of aliphatic hydroxyl groups excluding tert-OH is 2. The highest BCUT2D eigenvalue weighted by molar-refractivity contribution is 4.47. The Bertz CT molecular complexity index is 158. The number of unbranched alkanes of at least 4 members (excludes halogenated alkanes) is 9. The van der Waals surface area contributed by atoms with Crippen LogP contribution in [0.2, 0.25) is 0 Å². The van der Waals surface area contributed by atoms with Gasteiger partial charge in [-0.2, -0.15) is 0 Å². The van der Waals surface area contributed by atoms with Crippen LogP contribution in [0, 0.1) is 0 Å². The molecule has 136 valence electrons. The molecule has 0 saturated carbocycles. The van der Waals surface area contributed by atoms with Gasteiger partial charge >= 0.3 is 0 Å². The van der Waals surface area contributed by atoms with Gasteiger partial charge in [-0.1, -0.05) is 70.4 Å². The maximum Gasteiger partial charge on any atom is 0.0940 e. The zero-order valence-corrected chi connectivity index (χ0v) is 14.4. The average molecular weight is 322 g/mol. The van der Waals surface area contributed by atoms with E-state index in [2.05, 4.69) is 22.2 Å². The van der Waals surface area contributed by atoms with Crippen molar-refractivity contribution in [3.63, 3.8) is 0 Å². The van der Waals surface area contributed by atoms with Gasteiger partial charge in [0, 0.05) is 0 Å². The van der Waals surface area contributed by atoms with Crippen molar-refractivity contribution in [2.45, 2.75) is 71.1 Å². The summed E-state index contributed by atoms with van der Waals surface area (Å²) in [6, 6.07) is 0. The van der Waals surface area contributed by atoms with Crippen LogP contribution in [0.15, 0.2) is 0 Å². The summed E-state index contributed by atoms with van der Waals surface area (Å²) in [7, 11) is 0. The van der Waals surface area contributed by atoms with Crippen LogP contribution in [0.5, 0.6) is 0 Å². The molecule has 0 aliphatic carbocycles. The topological polar surface area (TPSA) is 97.0 Å². The van der Waals surface area contributed by atoms with Crippen molar-refractivity contribution < 1.29 is 19.9 Å². The molecule has 0 saturated heterocycles. The summed E-state index contributed by atoms with van der Waals surface area (Å²) >= 11 is 0. The Kier molecular flexibility index (Phi) is 28.1. The highest BCUT2D eigenvalue weighted by Gasteiger charge is 1.91. The zero-order chi connectivity index (χ0) is 16.7. The van der Waals surface area contributed by atoms with Gasteiger partial charge in [-0.25, -0.2) is 0 Å². The third-order valence-electron chi connectivity index (χ3n) is 3.06. The van der Waals surface area contributed by atoms with E-state index in [1.165, 1.54) is 64.2 Å². The second-order valence-electron chi connectivity index (χ2n) is 5.20. The van der Waals surface area contributed by atoms with E-state index in [9.17, 15) is 0 Å². The third kappa shape index (κ3) is 28.0. The number of nitrogens with one attached hydrogen (secondary N) is 1. The van der Waals surface area contributed by atoms with E-state index in [1.54, 1.807) is 0 Å². The fourth-order valence-electron chi connectivity index (χ4n) is 1.85. The number of aliphatic hydroxyl groups is 2. The highest BCUT2D eigenvalue weighted by Crippen LogP contribution is 2.09. The molecule has 0 atom stereocenters. The van der Waals surface area contributed by atoms with E-state index in [1.807, 2.05) is 0 Å². The monoisotopic (exact) mass is 322 g/mol. The lowest BCUT2D eigenvalue weighted by molar-refractivity contribution is -0.178. The molecule has 0 aliphatic rings. The van der Waals surface area contributed by atoms with E-state index in [-0.39, 0.29) is 26.4 Å². The predicted octanol–water partition coefficient (Wildman–Crippen LogP) is 2.29. The molecule has 6 heteroatoms. The Balaban J connectivity index is 0. The largest absolute Gasteiger partial charge is 0.394 e. The Labute approximate surface area is 136 Å². The van der Waals surface area contributed by atoms with E-state index in [0.29, 0.717) is 0 Å². The van der Waals surface area contributed by atoms with Crippen LogP contribution in [0.1, 0.15) is 71.1 Å². The molecule has 0 aromatic rings. The molecule has 6 nitrogen and oxygen atoms in total. The van der Waals surface area contributed by atoms with Gasteiger partial charge in [0.1, 0.15) is 0 Å². The van der Waals surface area contributed by atoms with E-state index >= 15 is 0 Å². The smallest absolute Gasteiger partial charge is 0.0940 e. The fraction of sp³-hybridized carbons (Fsp3) is 1.00. The SMILES string of the molecule is CCCCCCCCCCCCN.OCCONOCCO. The summed E-state index contributed by atoms with van der Waals surface area (Å²) in [5.74, 6) is 0. The first-order valence-electron chi connectivity index (χ1n) is 8.73. The van der Waals surface area contributed by atoms with Crippen molar-refractivity contribution in [2.24, 2.45) is 5.73 Å². The second kappa shape index (κ2) is 25.7. The quantitative estimate of drug-likeness (QED) is 0.257. The van der Waals surface area contributed by atoms with Crippen LogP contribution >= 0.6 is 0 Å². The molecule has 0 radical (unpaired) electrons. The van der Waals surface area contributed by atoms with Gasteiger partial charge in [0.05, 0.1) is 26.4 Å². The lowest BCUT2D eigenvalue weighted by atomic mass is 10.1. The summed E-state index contributed by atoms with van der Waals surface area (Å²) < 4.78 is 0. The van der Waals surface area contributed by atoms with Gasteiger partial charge in [-0.15, -0.1) is 0 Å².